The molecule has 30 heavy (non-hydrogen) atoms. The van der Waals surface area contributed by atoms with E-state index in [0.717, 1.165) is 35.1 Å². The van der Waals surface area contributed by atoms with Gasteiger partial charge < -0.3 is 15.4 Å². The molecule has 3 aromatic rings. The Hall–Kier alpha value is -3.35. The van der Waals surface area contributed by atoms with E-state index in [1.807, 2.05) is 24.4 Å². The van der Waals surface area contributed by atoms with Crippen LogP contribution in [0.3, 0.4) is 0 Å². The van der Waals surface area contributed by atoms with Gasteiger partial charge in [-0.05, 0) is 55.7 Å². The van der Waals surface area contributed by atoms with E-state index in [9.17, 15) is 0 Å². The molecule has 0 amide bonds. The molecule has 0 radical (unpaired) electrons. The van der Waals surface area contributed by atoms with Crippen LogP contribution in [0, 0.1) is 6.92 Å². The normalized spacial score (nSPS) is 12.5. The van der Waals surface area contributed by atoms with E-state index in [1.54, 1.807) is 24.1 Å². The van der Waals surface area contributed by atoms with Gasteiger partial charge in [-0.1, -0.05) is 19.1 Å². The molecule has 7 heteroatoms. The quantitative estimate of drug-likeness (QED) is 0.441. The average Bonchev–Trinajstić information content (AvgIpc) is 3.30. The third-order valence-corrected chi connectivity index (χ3v) is 4.80. The van der Waals surface area contributed by atoms with E-state index < -0.39 is 0 Å². The molecule has 2 aromatic heterocycles. The Labute approximate surface area is 178 Å². The van der Waals surface area contributed by atoms with Gasteiger partial charge in [0.15, 0.2) is 11.8 Å². The fourth-order valence-corrected chi connectivity index (χ4v) is 2.90. The van der Waals surface area contributed by atoms with Gasteiger partial charge in [-0.3, -0.25) is 4.99 Å². The van der Waals surface area contributed by atoms with Crippen molar-refractivity contribution in [1.29, 1.82) is 0 Å². The first-order valence-corrected chi connectivity index (χ1v) is 10.2. The van der Waals surface area contributed by atoms with Gasteiger partial charge in [-0.15, -0.1) is 0 Å². The molecule has 2 heterocycles. The largest absolute Gasteiger partial charge is 0.490 e. The average molecular weight is 407 g/mol. The predicted molar refractivity (Wildman–Crippen MR) is 120 cm³/mol. The maximum atomic E-state index is 6.10. The molecule has 0 saturated heterocycles. The lowest BCUT2D eigenvalue weighted by molar-refractivity contribution is 0.215. The maximum absolute atomic E-state index is 6.10. The van der Waals surface area contributed by atoms with Crippen LogP contribution >= 0.6 is 0 Å². The molecule has 1 unspecified atom stereocenters. The van der Waals surface area contributed by atoms with E-state index >= 15 is 0 Å². The summed E-state index contributed by atoms with van der Waals surface area (Å²) in [6.07, 6.45) is 6.55. The Morgan fingerprint density at radius 2 is 2.00 bits per heavy atom. The molecular weight excluding hydrogens is 376 g/mol. The number of pyridine rings is 1. The van der Waals surface area contributed by atoms with E-state index in [4.69, 9.17) is 4.74 Å². The zero-order valence-electron chi connectivity index (χ0n) is 18.1. The Morgan fingerprint density at radius 3 is 2.73 bits per heavy atom. The highest BCUT2D eigenvalue weighted by molar-refractivity contribution is 5.79. The maximum Gasteiger partial charge on any atom is 0.191 e. The first-order chi connectivity index (χ1) is 14.6. The minimum Gasteiger partial charge on any atom is -0.490 e. The summed E-state index contributed by atoms with van der Waals surface area (Å²) in [6.45, 7) is 7.54. The van der Waals surface area contributed by atoms with Crippen LogP contribution in [-0.4, -0.2) is 33.9 Å². The number of guanidine groups is 1. The summed E-state index contributed by atoms with van der Waals surface area (Å²) >= 11 is 0. The van der Waals surface area contributed by atoms with Crippen LogP contribution < -0.4 is 15.4 Å². The molecule has 0 aliphatic heterocycles. The number of rotatable bonds is 8. The van der Waals surface area contributed by atoms with E-state index in [2.05, 4.69) is 64.7 Å². The highest BCUT2D eigenvalue weighted by atomic mass is 16.5. The molecule has 2 N–H and O–H groups in total. The van der Waals surface area contributed by atoms with Gasteiger partial charge in [-0.2, -0.15) is 5.10 Å². The molecular formula is C23H30N6O. The van der Waals surface area contributed by atoms with Crippen molar-refractivity contribution in [1.82, 2.24) is 25.4 Å². The summed E-state index contributed by atoms with van der Waals surface area (Å²) in [6, 6.07) is 12.2. The number of hydrogen-bond acceptors (Lipinski definition) is 4. The third-order valence-electron chi connectivity index (χ3n) is 4.80. The van der Waals surface area contributed by atoms with Crippen molar-refractivity contribution in [3.05, 3.63) is 71.7 Å². The Morgan fingerprint density at radius 1 is 1.17 bits per heavy atom. The summed E-state index contributed by atoms with van der Waals surface area (Å²) in [5.74, 6) is 2.43. The molecule has 0 bridgehead atoms. The molecule has 0 aliphatic rings. The molecule has 0 saturated carbocycles. The van der Waals surface area contributed by atoms with Crippen LogP contribution in [0.25, 0.3) is 5.82 Å². The zero-order chi connectivity index (χ0) is 21.3. The lowest BCUT2D eigenvalue weighted by atomic mass is 10.1. The van der Waals surface area contributed by atoms with Crippen LogP contribution in [0.2, 0.25) is 0 Å². The van der Waals surface area contributed by atoms with Crippen LogP contribution in [-0.2, 0) is 13.1 Å². The van der Waals surface area contributed by atoms with Crippen LogP contribution in [0.4, 0.5) is 0 Å². The van der Waals surface area contributed by atoms with Crippen molar-refractivity contribution >= 4 is 5.96 Å². The van der Waals surface area contributed by atoms with Crippen molar-refractivity contribution in [2.75, 3.05) is 7.05 Å². The molecule has 3 rings (SSSR count). The lowest BCUT2D eigenvalue weighted by Crippen LogP contribution is -2.36. The van der Waals surface area contributed by atoms with Crippen LogP contribution in [0.5, 0.6) is 5.75 Å². The van der Waals surface area contributed by atoms with E-state index in [0.29, 0.717) is 13.1 Å². The van der Waals surface area contributed by atoms with Gasteiger partial charge in [-0.25, -0.2) is 9.67 Å². The van der Waals surface area contributed by atoms with Crippen molar-refractivity contribution < 1.29 is 4.74 Å². The highest BCUT2D eigenvalue weighted by Gasteiger charge is 2.09. The molecule has 1 aromatic carbocycles. The second-order valence-corrected chi connectivity index (χ2v) is 7.20. The second-order valence-electron chi connectivity index (χ2n) is 7.20. The van der Waals surface area contributed by atoms with Gasteiger partial charge in [0.05, 0.1) is 6.10 Å². The Kier molecular flexibility index (Phi) is 7.43. The fraction of sp³-hybridized carbons (Fsp3) is 0.348. The van der Waals surface area contributed by atoms with Gasteiger partial charge >= 0.3 is 0 Å². The number of hydrogen-bond donors (Lipinski definition) is 2. The molecule has 0 fully saturated rings. The Bertz CT molecular complexity index is 968. The summed E-state index contributed by atoms with van der Waals surface area (Å²) in [5, 5.41) is 11.0. The van der Waals surface area contributed by atoms with E-state index in [-0.39, 0.29) is 6.10 Å². The van der Waals surface area contributed by atoms with Crippen molar-refractivity contribution in [2.24, 2.45) is 4.99 Å². The number of aryl methyl sites for hydroxylation is 1. The van der Waals surface area contributed by atoms with Crippen molar-refractivity contribution in [3.8, 4) is 11.6 Å². The van der Waals surface area contributed by atoms with Gasteiger partial charge in [0.2, 0.25) is 0 Å². The van der Waals surface area contributed by atoms with E-state index in [1.165, 1.54) is 5.56 Å². The minimum absolute atomic E-state index is 0.179. The molecule has 0 aliphatic carbocycles. The number of nitrogens with zero attached hydrogens (tertiary/aromatic N) is 4. The summed E-state index contributed by atoms with van der Waals surface area (Å²) in [5.41, 5.74) is 3.38. The topological polar surface area (TPSA) is 76.4 Å². The SMILES string of the molecule is CCC(C)Oc1cc(C)ccc1CNC(=NC)NCc1ccnc(-n2cccn2)c1. The highest BCUT2D eigenvalue weighted by Crippen LogP contribution is 2.22. The number of aliphatic imine (C=N–C) groups is 1. The number of nitrogens with one attached hydrogen (secondary N) is 2. The summed E-state index contributed by atoms with van der Waals surface area (Å²) in [7, 11) is 1.77. The van der Waals surface area contributed by atoms with Crippen molar-refractivity contribution in [2.45, 2.75) is 46.4 Å². The van der Waals surface area contributed by atoms with Gasteiger partial charge in [0.1, 0.15) is 5.75 Å². The summed E-state index contributed by atoms with van der Waals surface area (Å²) in [4.78, 5) is 8.70. The van der Waals surface area contributed by atoms with Crippen molar-refractivity contribution in [3.63, 3.8) is 0 Å². The molecule has 0 spiro atoms. The lowest BCUT2D eigenvalue weighted by Gasteiger charge is -2.18. The molecule has 1 atom stereocenters. The fourth-order valence-electron chi connectivity index (χ4n) is 2.90. The standard InChI is InChI=1S/C23H30N6O/c1-5-18(3)30-21-13-17(2)7-8-20(21)16-27-23(24-4)26-15-19-9-11-25-22(14-19)29-12-6-10-28-29/h6-14,18H,5,15-16H2,1-4H3,(H2,24,26,27). The summed E-state index contributed by atoms with van der Waals surface area (Å²) < 4.78 is 7.85. The number of benzene rings is 1. The number of ether oxygens (including phenoxy) is 1. The zero-order valence-corrected chi connectivity index (χ0v) is 18.1. The monoisotopic (exact) mass is 406 g/mol. The Balaban J connectivity index is 1.60. The smallest absolute Gasteiger partial charge is 0.191 e. The molecule has 7 nitrogen and oxygen atoms in total. The third kappa shape index (κ3) is 5.83. The molecule has 158 valence electrons. The minimum atomic E-state index is 0.179. The van der Waals surface area contributed by atoms with Gasteiger partial charge in [0.25, 0.3) is 0 Å². The number of aromatic nitrogens is 3. The first kappa shape index (κ1) is 21.4. The van der Waals surface area contributed by atoms with Crippen LogP contribution in [0.1, 0.15) is 37.0 Å². The first-order valence-electron chi connectivity index (χ1n) is 10.2. The van der Waals surface area contributed by atoms with Crippen LogP contribution in [0.15, 0.2) is 60.0 Å². The van der Waals surface area contributed by atoms with Gasteiger partial charge in [0, 0.05) is 44.3 Å². The predicted octanol–water partition coefficient (Wildman–Crippen LogP) is 3.62. The second kappa shape index (κ2) is 10.4.